The quantitative estimate of drug-likeness (QED) is 0.850. The van der Waals surface area contributed by atoms with Gasteiger partial charge in [0.15, 0.2) is 0 Å². The van der Waals surface area contributed by atoms with Crippen molar-refractivity contribution in [2.75, 3.05) is 0 Å². The molecule has 0 spiro atoms. The lowest BCUT2D eigenvalue weighted by atomic mass is 10.3. The van der Waals surface area contributed by atoms with Crippen LogP contribution in [0.3, 0.4) is 0 Å². The predicted molar refractivity (Wildman–Crippen MR) is 62.2 cm³/mol. The molecule has 0 unspecified atom stereocenters. The van der Waals surface area contributed by atoms with E-state index in [2.05, 4.69) is 11.1 Å². The number of hydrogen-bond acceptors (Lipinski definition) is 3. The van der Waals surface area contributed by atoms with E-state index in [0.29, 0.717) is 6.42 Å². The number of aliphatic carboxylic acids is 1. The third-order valence-corrected chi connectivity index (χ3v) is 2.51. The molecule has 0 amide bonds. The summed E-state index contributed by atoms with van der Waals surface area (Å²) in [4.78, 5) is 13.7. The van der Waals surface area contributed by atoms with Crippen molar-refractivity contribution in [2.24, 2.45) is 0 Å². The van der Waals surface area contributed by atoms with E-state index < -0.39 is 5.97 Å². The van der Waals surface area contributed by atoms with E-state index in [4.69, 9.17) is 5.11 Å². The SMILES string of the molecule is CCCC(=O)O.c1ccc2scnc2c1. The molecule has 2 aromatic rings. The van der Waals surface area contributed by atoms with Crippen molar-refractivity contribution < 1.29 is 9.90 Å². The number of carboxylic acids is 1. The second-order valence-electron chi connectivity index (χ2n) is 2.96. The smallest absolute Gasteiger partial charge is 0.303 e. The average Bonchev–Trinajstić information content (AvgIpc) is 2.65. The molecule has 0 aliphatic carbocycles. The first-order chi connectivity index (χ1) is 7.24. The molecule has 80 valence electrons. The minimum absolute atomic E-state index is 0.292. The zero-order chi connectivity index (χ0) is 11.1. The number of benzene rings is 1. The number of para-hydroxylation sites is 1. The van der Waals surface area contributed by atoms with Crippen molar-refractivity contribution in [1.82, 2.24) is 4.98 Å². The van der Waals surface area contributed by atoms with Gasteiger partial charge in [0, 0.05) is 6.42 Å². The van der Waals surface area contributed by atoms with Crippen molar-refractivity contribution >= 4 is 27.5 Å². The van der Waals surface area contributed by atoms with Crippen LogP contribution in [0.4, 0.5) is 0 Å². The maximum Gasteiger partial charge on any atom is 0.303 e. The van der Waals surface area contributed by atoms with E-state index in [1.165, 1.54) is 4.70 Å². The first-order valence-corrected chi connectivity index (χ1v) is 5.62. The van der Waals surface area contributed by atoms with Gasteiger partial charge < -0.3 is 5.11 Å². The topological polar surface area (TPSA) is 50.2 Å². The summed E-state index contributed by atoms with van der Waals surface area (Å²) in [5.74, 6) is -0.711. The molecule has 0 aliphatic heterocycles. The standard InChI is InChI=1S/C7H5NS.C4H8O2/c1-2-4-7-6(3-1)8-5-9-7;1-2-3-4(5)6/h1-5H;2-3H2,1H3,(H,5,6). The number of nitrogens with zero attached hydrogens (tertiary/aromatic N) is 1. The van der Waals surface area contributed by atoms with Gasteiger partial charge in [0.25, 0.3) is 0 Å². The Labute approximate surface area is 92.4 Å². The Kier molecular flexibility index (Phi) is 4.77. The van der Waals surface area contributed by atoms with Gasteiger partial charge in [-0.1, -0.05) is 19.1 Å². The number of carboxylic acid groups (broad SMARTS) is 1. The number of carbonyl (C=O) groups is 1. The van der Waals surface area contributed by atoms with Gasteiger partial charge in [0.2, 0.25) is 0 Å². The van der Waals surface area contributed by atoms with Crippen LogP contribution >= 0.6 is 11.3 Å². The number of thiazole rings is 1. The Hall–Kier alpha value is -1.42. The number of hydrogen-bond donors (Lipinski definition) is 1. The molecule has 0 bridgehead atoms. The molecule has 0 saturated carbocycles. The van der Waals surface area contributed by atoms with Gasteiger partial charge in [-0.25, -0.2) is 4.98 Å². The van der Waals surface area contributed by atoms with Crippen LogP contribution in [-0.2, 0) is 4.79 Å². The molecule has 0 saturated heterocycles. The Morgan fingerprint density at radius 3 is 2.73 bits per heavy atom. The summed E-state index contributed by atoms with van der Waals surface area (Å²) in [5, 5.41) is 7.91. The van der Waals surface area contributed by atoms with Crippen molar-refractivity contribution in [3.63, 3.8) is 0 Å². The highest BCUT2D eigenvalue weighted by Crippen LogP contribution is 2.15. The van der Waals surface area contributed by atoms with E-state index in [-0.39, 0.29) is 0 Å². The fraction of sp³-hybridized carbons (Fsp3) is 0.273. The highest BCUT2D eigenvalue weighted by atomic mass is 32.1. The summed E-state index contributed by atoms with van der Waals surface area (Å²) in [6.45, 7) is 1.84. The van der Waals surface area contributed by atoms with E-state index in [9.17, 15) is 4.79 Å². The Balaban J connectivity index is 0.000000167. The number of rotatable bonds is 2. The summed E-state index contributed by atoms with van der Waals surface area (Å²) >= 11 is 1.68. The van der Waals surface area contributed by atoms with Crippen molar-refractivity contribution in [3.05, 3.63) is 29.8 Å². The monoisotopic (exact) mass is 223 g/mol. The van der Waals surface area contributed by atoms with Gasteiger partial charge in [-0.05, 0) is 18.6 Å². The molecule has 0 aliphatic rings. The first kappa shape index (κ1) is 11.7. The zero-order valence-corrected chi connectivity index (χ0v) is 9.33. The largest absolute Gasteiger partial charge is 0.481 e. The van der Waals surface area contributed by atoms with E-state index in [1.54, 1.807) is 11.3 Å². The van der Waals surface area contributed by atoms with Gasteiger partial charge >= 0.3 is 5.97 Å². The molecule has 15 heavy (non-hydrogen) atoms. The fourth-order valence-electron chi connectivity index (χ4n) is 1.02. The molecule has 1 aromatic carbocycles. The molecule has 1 N–H and O–H groups in total. The summed E-state index contributed by atoms with van der Waals surface area (Å²) < 4.78 is 1.26. The third-order valence-electron chi connectivity index (χ3n) is 1.70. The minimum atomic E-state index is -0.711. The van der Waals surface area contributed by atoms with Gasteiger partial charge in [0.05, 0.1) is 15.7 Å². The molecule has 2 rings (SSSR count). The number of aromatic nitrogens is 1. The first-order valence-electron chi connectivity index (χ1n) is 4.74. The van der Waals surface area contributed by atoms with Gasteiger partial charge in [0.1, 0.15) is 0 Å². The molecule has 0 radical (unpaired) electrons. The lowest BCUT2D eigenvalue weighted by molar-refractivity contribution is -0.137. The maximum absolute atomic E-state index is 9.60. The van der Waals surface area contributed by atoms with Crippen LogP contribution in [0.5, 0.6) is 0 Å². The predicted octanol–water partition coefficient (Wildman–Crippen LogP) is 3.17. The number of fused-ring (bicyclic) bond motifs is 1. The Bertz CT molecular complexity index is 395. The molecular formula is C11H13NO2S. The molecule has 0 atom stereocenters. The molecular weight excluding hydrogens is 210 g/mol. The molecule has 3 nitrogen and oxygen atoms in total. The third kappa shape index (κ3) is 4.08. The van der Waals surface area contributed by atoms with Gasteiger partial charge in [-0.15, -0.1) is 11.3 Å². The van der Waals surface area contributed by atoms with Gasteiger partial charge in [-0.3, -0.25) is 4.79 Å². The Morgan fingerprint density at radius 2 is 2.20 bits per heavy atom. The maximum atomic E-state index is 9.60. The minimum Gasteiger partial charge on any atom is -0.481 e. The van der Waals surface area contributed by atoms with Gasteiger partial charge in [-0.2, -0.15) is 0 Å². The Morgan fingerprint density at radius 1 is 1.47 bits per heavy atom. The average molecular weight is 223 g/mol. The van der Waals surface area contributed by atoms with Crippen LogP contribution in [0.2, 0.25) is 0 Å². The van der Waals surface area contributed by atoms with Crippen molar-refractivity contribution in [2.45, 2.75) is 19.8 Å². The summed E-state index contributed by atoms with van der Waals surface area (Å²) in [5.41, 5.74) is 2.97. The van der Waals surface area contributed by atoms with E-state index in [1.807, 2.05) is 30.6 Å². The highest BCUT2D eigenvalue weighted by molar-refractivity contribution is 7.16. The van der Waals surface area contributed by atoms with E-state index >= 15 is 0 Å². The van der Waals surface area contributed by atoms with Crippen LogP contribution in [0.1, 0.15) is 19.8 Å². The summed E-state index contributed by atoms with van der Waals surface area (Å²) in [6.07, 6.45) is 1.02. The van der Waals surface area contributed by atoms with Crippen LogP contribution in [0.25, 0.3) is 10.2 Å². The van der Waals surface area contributed by atoms with Crippen LogP contribution in [0.15, 0.2) is 29.8 Å². The van der Waals surface area contributed by atoms with Crippen LogP contribution in [-0.4, -0.2) is 16.1 Å². The second-order valence-corrected chi connectivity index (χ2v) is 3.85. The zero-order valence-electron chi connectivity index (χ0n) is 8.51. The lowest BCUT2D eigenvalue weighted by Gasteiger charge is -1.80. The molecule has 4 heteroatoms. The van der Waals surface area contributed by atoms with Crippen molar-refractivity contribution in [3.8, 4) is 0 Å². The molecule has 1 heterocycles. The highest BCUT2D eigenvalue weighted by Gasteiger charge is 1.89. The molecule has 0 fully saturated rings. The lowest BCUT2D eigenvalue weighted by Crippen LogP contribution is -1.90. The normalized spacial score (nSPS) is 9.40. The summed E-state index contributed by atoms with van der Waals surface area (Å²) in [6, 6.07) is 8.13. The van der Waals surface area contributed by atoms with Crippen LogP contribution < -0.4 is 0 Å². The van der Waals surface area contributed by atoms with Crippen molar-refractivity contribution in [1.29, 1.82) is 0 Å². The van der Waals surface area contributed by atoms with E-state index in [0.717, 1.165) is 11.9 Å². The second kappa shape index (κ2) is 6.14. The fourth-order valence-corrected chi connectivity index (χ4v) is 1.70. The van der Waals surface area contributed by atoms with Crippen LogP contribution in [0, 0.1) is 0 Å². The summed E-state index contributed by atoms with van der Waals surface area (Å²) in [7, 11) is 0. The molecule has 1 aromatic heterocycles.